The van der Waals surface area contributed by atoms with Crippen LogP contribution in [0.25, 0.3) is 12.2 Å². The van der Waals surface area contributed by atoms with Gasteiger partial charge in [-0.05, 0) is 6.08 Å². The van der Waals surface area contributed by atoms with Crippen LogP contribution in [-0.2, 0) is 14.1 Å². The van der Waals surface area contributed by atoms with Crippen molar-refractivity contribution in [2.45, 2.75) is 24.9 Å². The van der Waals surface area contributed by atoms with Crippen molar-refractivity contribution < 1.29 is 19.2 Å². The molecule has 5 N–H and O–H groups in total. The van der Waals surface area contributed by atoms with Crippen LogP contribution in [-0.4, -0.2) is 55.4 Å². The average molecular weight is 432 g/mol. The number of nitrogens with zero attached hydrogens (tertiary/aromatic N) is 3. The summed E-state index contributed by atoms with van der Waals surface area (Å²) in [5.41, 5.74) is 6.37. The van der Waals surface area contributed by atoms with Gasteiger partial charge >= 0.3 is 5.69 Å². The number of hydrogen-bond acceptors (Lipinski definition) is 8. The molecule has 0 saturated carbocycles. The number of aliphatic hydroxyl groups excluding tert-OH is 1. The van der Waals surface area contributed by atoms with E-state index in [4.69, 9.17) is 10.5 Å². The Morgan fingerprint density at radius 1 is 1.50 bits per heavy atom. The quantitative estimate of drug-likeness (QED) is 0.342. The predicted molar refractivity (Wildman–Crippen MR) is 110 cm³/mol. The summed E-state index contributed by atoms with van der Waals surface area (Å²) in [6.45, 7) is 0.230. The Hall–Kier alpha value is -3.14. The molecule has 3 unspecified atom stereocenters. The normalized spacial score (nSPS) is 21.7. The molecule has 0 radical (unpaired) electrons. The predicted octanol–water partition coefficient (Wildman–Crippen LogP) is 0.331. The second-order valence-corrected chi connectivity index (χ2v) is 7.13. The zero-order valence-electron chi connectivity index (χ0n) is 15.8. The number of amides is 1. The summed E-state index contributed by atoms with van der Waals surface area (Å²) >= 11 is 0. The average Bonchev–Trinajstić information content (AvgIpc) is 3.35. The molecule has 158 valence electrons. The highest BCUT2D eigenvalue weighted by Gasteiger charge is 2.35. The molecular formula is C18H21N6O5P. The second kappa shape index (κ2) is 10.1. The number of H-pyrrole nitrogens is 1. The Bertz CT molecular complexity index is 1000. The van der Waals surface area contributed by atoms with Gasteiger partial charge in [-0.3, -0.25) is 13.9 Å². The zero-order valence-corrected chi connectivity index (χ0v) is 16.7. The minimum absolute atomic E-state index is 0.0335. The van der Waals surface area contributed by atoms with Gasteiger partial charge in [-0.1, -0.05) is 12.2 Å². The molecule has 3 atom stereocenters. The van der Waals surface area contributed by atoms with E-state index in [1.54, 1.807) is 24.4 Å². The number of nitrogen functional groups attached to an aromatic ring is 1. The first-order chi connectivity index (χ1) is 14.5. The summed E-state index contributed by atoms with van der Waals surface area (Å²) in [6.07, 6.45) is 8.96. The van der Waals surface area contributed by atoms with Crippen LogP contribution < -0.4 is 16.7 Å². The fraction of sp³-hybridized carbons (Fsp3) is 0.333. The molecule has 2 aromatic rings. The number of aliphatic hydroxyl groups is 1. The van der Waals surface area contributed by atoms with Gasteiger partial charge in [0.15, 0.2) is 8.46 Å². The Labute approximate surface area is 172 Å². The maximum absolute atomic E-state index is 12.2. The lowest BCUT2D eigenvalue weighted by atomic mass is 10.2. The van der Waals surface area contributed by atoms with Crippen molar-refractivity contribution in [3.63, 3.8) is 0 Å². The summed E-state index contributed by atoms with van der Waals surface area (Å²) in [4.78, 5) is 34.5. The van der Waals surface area contributed by atoms with E-state index in [9.17, 15) is 19.3 Å². The molecule has 2 aromatic heterocycles. The SMILES string of the molecule is Nc1nc(=O)n(C2CC(O)C(CP=O)O2)cc1/C=C/CNC(=O)/C=C/c1cnc[nH]1. The Morgan fingerprint density at radius 2 is 2.33 bits per heavy atom. The smallest absolute Gasteiger partial charge is 0.351 e. The minimum Gasteiger partial charge on any atom is -0.390 e. The van der Waals surface area contributed by atoms with Gasteiger partial charge in [0.2, 0.25) is 5.91 Å². The highest BCUT2D eigenvalue weighted by Crippen LogP contribution is 2.29. The topological polar surface area (TPSA) is 165 Å². The van der Waals surface area contributed by atoms with Gasteiger partial charge in [0, 0.05) is 30.8 Å². The summed E-state index contributed by atoms with van der Waals surface area (Å²) < 4.78 is 17.6. The number of aromatic amines is 1. The van der Waals surface area contributed by atoms with Crippen LogP contribution >= 0.6 is 8.46 Å². The summed E-state index contributed by atoms with van der Waals surface area (Å²) in [5.74, 6) is -0.256. The molecule has 3 heterocycles. The molecule has 0 spiro atoms. The lowest BCUT2D eigenvalue weighted by molar-refractivity contribution is -0.116. The van der Waals surface area contributed by atoms with E-state index in [0.29, 0.717) is 11.3 Å². The third kappa shape index (κ3) is 5.47. The highest BCUT2D eigenvalue weighted by atomic mass is 31.1. The third-order valence-electron chi connectivity index (χ3n) is 4.41. The lowest BCUT2D eigenvalue weighted by Gasteiger charge is -2.15. The first-order valence-electron chi connectivity index (χ1n) is 9.10. The van der Waals surface area contributed by atoms with Crippen molar-refractivity contribution in [1.29, 1.82) is 0 Å². The van der Waals surface area contributed by atoms with Crippen molar-refractivity contribution in [2.75, 3.05) is 18.4 Å². The van der Waals surface area contributed by atoms with Crippen molar-refractivity contribution in [3.05, 3.63) is 52.6 Å². The number of anilines is 1. The molecule has 3 rings (SSSR count). The van der Waals surface area contributed by atoms with E-state index in [2.05, 4.69) is 20.3 Å². The third-order valence-corrected chi connectivity index (χ3v) is 4.91. The molecular weight excluding hydrogens is 411 g/mol. The molecule has 1 fully saturated rings. The number of carbonyl (C=O) groups is 1. The molecule has 12 heteroatoms. The van der Waals surface area contributed by atoms with Crippen molar-refractivity contribution in [2.24, 2.45) is 0 Å². The first-order valence-corrected chi connectivity index (χ1v) is 10.1. The van der Waals surface area contributed by atoms with Crippen LogP contribution in [0.5, 0.6) is 0 Å². The minimum atomic E-state index is -0.829. The Morgan fingerprint density at radius 3 is 3.07 bits per heavy atom. The maximum atomic E-state index is 12.2. The lowest BCUT2D eigenvalue weighted by Crippen LogP contribution is -2.28. The number of rotatable bonds is 8. The van der Waals surface area contributed by atoms with Crippen molar-refractivity contribution in [1.82, 2.24) is 24.8 Å². The first kappa shape index (κ1) is 21.6. The van der Waals surface area contributed by atoms with Crippen LogP contribution in [0.3, 0.4) is 0 Å². The number of hydrogen-bond donors (Lipinski definition) is 4. The van der Waals surface area contributed by atoms with Crippen LogP contribution in [0.4, 0.5) is 5.82 Å². The molecule has 1 aliphatic rings. The van der Waals surface area contributed by atoms with Gasteiger partial charge in [0.25, 0.3) is 0 Å². The largest absolute Gasteiger partial charge is 0.390 e. The maximum Gasteiger partial charge on any atom is 0.351 e. The van der Waals surface area contributed by atoms with Crippen molar-refractivity contribution >= 4 is 32.3 Å². The van der Waals surface area contributed by atoms with Crippen LogP contribution in [0.15, 0.2) is 35.7 Å². The van der Waals surface area contributed by atoms with E-state index in [-0.39, 0.29) is 39.3 Å². The van der Waals surface area contributed by atoms with Crippen LogP contribution in [0, 0.1) is 0 Å². The van der Waals surface area contributed by atoms with Gasteiger partial charge in [-0.15, -0.1) is 0 Å². The van der Waals surface area contributed by atoms with E-state index in [1.165, 1.54) is 23.2 Å². The zero-order chi connectivity index (χ0) is 21.5. The van der Waals surface area contributed by atoms with Gasteiger partial charge in [-0.25, -0.2) is 9.78 Å². The number of aromatic nitrogens is 4. The Kier molecular flexibility index (Phi) is 7.23. The molecule has 1 amide bonds. The molecule has 11 nitrogen and oxygen atoms in total. The number of nitrogens with two attached hydrogens (primary N) is 1. The van der Waals surface area contributed by atoms with E-state index >= 15 is 0 Å². The Balaban J connectivity index is 1.62. The summed E-state index contributed by atoms with van der Waals surface area (Å²) in [7, 11) is -0.145. The van der Waals surface area contributed by atoms with E-state index < -0.39 is 24.1 Å². The summed E-state index contributed by atoms with van der Waals surface area (Å²) in [6, 6.07) is 0. The second-order valence-electron chi connectivity index (χ2n) is 6.50. The van der Waals surface area contributed by atoms with Gasteiger partial charge in [0.05, 0.1) is 36.6 Å². The number of ether oxygens (including phenoxy) is 1. The van der Waals surface area contributed by atoms with E-state index in [0.717, 1.165) is 0 Å². The molecule has 0 aliphatic carbocycles. The monoisotopic (exact) mass is 432 g/mol. The van der Waals surface area contributed by atoms with Crippen LogP contribution in [0.2, 0.25) is 0 Å². The highest BCUT2D eigenvalue weighted by molar-refractivity contribution is 7.23. The summed E-state index contributed by atoms with van der Waals surface area (Å²) in [5, 5.41) is 12.7. The van der Waals surface area contributed by atoms with Gasteiger partial charge < -0.3 is 25.9 Å². The fourth-order valence-corrected chi connectivity index (χ4v) is 3.36. The van der Waals surface area contributed by atoms with Crippen molar-refractivity contribution in [3.8, 4) is 0 Å². The van der Waals surface area contributed by atoms with Gasteiger partial charge in [0.1, 0.15) is 12.0 Å². The number of nitrogens with one attached hydrogen (secondary N) is 2. The number of carbonyl (C=O) groups excluding carboxylic acids is 1. The number of imidazole rings is 1. The van der Waals surface area contributed by atoms with E-state index in [1.807, 2.05) is 0 Å². The molecule has 0 bridgehead atoms. The molecule has 30 heavy (non-hydrogen) atoms. The standard InChI is InChI=1S/C18H21N6O5P/c19-17-11(2-1-5-21-15(26)4-3-12-7-20-10-22-12)8-24(18(27)23-17)16-6-13(25)14(29-16)9-30-28/h1-4,7-8,10,13-14,16,25H,5-6,9H2,(H,20,22)(H,21,26)(H2,19,23,27)/b2-1+,4-3+. The van der Waals surface area contributed by atoms with Gasteiger partial charge in [-0.2, -0.15) is 4.98 Å². The molecule has 1 aliphatic heterocycles. The molecule has 0 aromatic carbocycles. The molecule has 1 saturated heterocycles. The fourth-order valence-electron chi connectivity index (χ4n) is 2.88. The van der Waals surface area contributed by atoms with Crippen LogP contribution in [0.1, 0.15) is 23.9 Å².